The summed E-state index contributed by atoms with van der Waals surface area (Å²) in [5, 5.41) is 5.15. The van der Waals surface area contributed by atoms with E-state index in [1.807, 2.05) is 18.4 Å². The highest BCUT2D eigenvalue weighted by Crippen LogP contribution is 2.42. The van der Waals surface area contributed by atoms with Crippen molar-refractivity contribution < 1.29 is 4.74 Å². The van der Waals surface area contributed by atoms with Crippen molar-refractivity contribution in [3.8, 4) is 0 Å². The van der Waals surface area contributed by atoms with Crippen molar-refractivity contribution in [2.24, 2.45) is 0 Å². The molecule has 2 aliphatic carbocycles. The molecule has 0 amide bonds. The minimum absolute atomic E-state index is 0.0734. The second kappa shape index (κ2) is 6.12. The fourth-order valence-corrected chi connectivity index (χ4v) is 4.97. The number of aromatic nitrogens is 1. The Morgan fingerprint density at radius 2 is 2.30 bits per heavy atom. The van der Waals surface area contributed by atoms with E-state index >= 15 is 0 Å². The molecule has 20 heavy (non-hydrogen) atoms. The van der Waals surface area contributed by atoms with Crippen LogP contribution in [0.1, 0.15) is 61.0 Å². The van der Waals surface area contributed by atoms with Gasteiger partial charge in [-0.2, -0.15) is 0 Å². The van der Waals surface area contributed by atoms with E-state index in [0.29, 0.717) is 6.10 Å². The lowest BCUT2D eigenvalue weighted by molar-refractivity contribution is 0.0291. The van der Waals surface area contributed by atoms with Crippen molar-refractivity contribution in [2.75, 3.05) is 13.7 Å². The largest absolute Gasteiger partial charge is 0.381 e. The molecule has 3 nitrogen and oxygen atoms in total. The molecule has 0 aromatic carbocycles. The molecule has 2 aliphatic rings. The van der Waals surface area contributed by atoms with Gasteiger partial charge >= 0.3 is 0 Å². The third kappa shape index (κ3) is 2.66. The predicted molar refractivity (Wildman–Crippen MR) is 83.4 cm³/mol. The van der Waals surface area contributed by atoms with Crippen LogP contribution in [0.15, 0.2) is 0 Å². The van der Waals surface area contributed by atoms with Crippen LogP contribution in [0.5, 0.6) is 0 Å². The quantitative estimate of drug-likeness (QED) is 0.903. The van der Waals surface area contributed by atoms with Gasteiger partial charge in [0, 0.05) is 12.0 Å². The van der Waals surface area contributed by atoms with Crippen LogP contribution in [-0.4, -0.2) is 24.7 Å². The van der Waals surface area contributed by atoms with Gasteiger partial charge in [0.1, 0.15) is 5.01 Å². The molecular weight excluding hydrogens is 268 g/mol. The summed E-state index contributed by atoms with van der Waals surface area (Å²) in [6.45, 7) is 3.31. The van der Waals surface area contributed by atoms with Gasteiger partial charge in [-0.15, -0.1) is 11.3 Å². The van der Waals surface area contributed by atoms with E-state index < -0.39 is 0 Å². The van der Waals surface area contributed by atoms with Crippen LogP contribution >= 0.6 is 11.3 Å². The first kappa shape index (κ1) is 14.5. The van der Waals surface area contributed by atoms with Gasteiger partial charge in [-0.3, -0.25) is 0 Å². The Bertz CT molecular complexity index is 438. The molecule has 2 atom stereocenters. The van der Waals surface area contributed by atoms with Gasteiger partial charge in [0.25, 0.3) is 0 Å². The third-order valence-corrected chi connectivity index (χ3v) is 6.12. The standard InChI is InChI=1S/C16H26N2OS/c1-3-10-17-16(9-5-6-12(11-16)19-2)15-18-13-7-4-8-14(13)20-15/h12,17H,3-11H2,1-2H3. The normalized spacial score (nSPS) is 29.6. The van der Waals surface area contributed by atoms with E-state index in [1.165, 1.54) is 60.5 Å². The lowest BCUT2D eigenvalue weighted by atomic mass is 9.80. The van der Waals surface area contributed by atoms with Gasteiger partial charge < -0.3 is 10.1 Å². The molecule has 0 saturated heterocycles. The number of nitrogens with zero attached hydrogens (tertiary/aromatic N) is 1. The van der Waals surface area contributed by atoms with Crippen molar-refractivity contribution in [3.05, 3.63) is 15.6 Å². The predicted octanol–water partition coefficient (Wildman–Crippen LogP) is 3.42. The highest BCUT2D eigenvalue weighted by molar-refractivity contribution is 7.12. The second-order valence-electron chi connectivity index (χ2n) is 6.21. The topological polar surface area (TPSA) is 34.2 Å². The number of methoxy groups -OCH3 is 1. The lowest BCUT2D eigenvalue weighted by Crippen LogP contribution is -2.48. The molecule has 2 unspecified atom stereocenters. The summed E-state index contributed by atoms with van der Waals surface area (Å²) in [6.07, 6.45) is 9.99. The molecule has 0 bridgehead atoms. The summed E-state index contributed by atoms with van der Waals surface area (Å²) in [5.41, 5.74) is 1.45. The Hall–Kier alpha value is -0.450. The molecule has 1 saturated carbocycles. The maximum atomic E-state index is 5.66. The first-order chi connectivity index (χ1) is 9.77. The van der Waals surface area contributed by atoms with E-state index in [4.69, 9.17) is 9.72 Å². The highest BCUT2D eigenvalue weighted by Gasteiger charge is 2.40. The minimum atomic E-state index is 0.0734. The molecule has 1 fully saturated rings. The Kier molecular flexibility index (Phi) is 4.43. The van der Waals surface area contributed by atoms with Crippen LogP contribution in [0.3, 0.4) is 0 Å². The molecule has 4 heteroatoms. The third-order valence-electron chi connectivity index (χ3n) is 4.76. The Labute approximate surface area is 126 Å². The van der Waals surface area contributed by atoms with Crippen LogP contribution in [0, 0.1) is 0 Å². The van der Waals surface area contributed by atoms with Crippen LogP contribution in [0.4, 0.5) is 0 Å². The molecular formula is C16H26N2OS. The van der Waals surface area contributed by atoms with E-state index in [-0.39, 0.29) is 5.54 Å². The molecule has 1 aromatic heterocycles. The monoisotopic (exact) mass is 294 g/mol. The number of aryl methyl sites for hydroxylation is 2. The van der Waals surface area contributed by atoms with E-state index in [1.54, 1.807) is 0 Å². The number of hydrogen-bond donors (Lipinski definition) is 1. The van der Waals surface area contributed by atoms with Gasteiger partial charge in [-0.25, -0.2) is 4.98 Å². The maximum Gasteiger partial charge on any atom is 0.113 e. The Morgan fingerprint density at radius 1 is 1.40 bits per heavy atom. The molecule has 3 rings (SSSR count). The van der Waals surface area contributed by atoms with Crippen molar-refractivity contribution in [1.82, 2.24) is 10.3 Å². The number of nitrogens with one attached hydrogen (secondary N) is 1. The zero-order chi connectivity index (χ0) is 14.0. The van der Waals surface area contributed by atoms with E-state index in [9.17, 15) is 0 Å². The summed E-state index contributed by atoms with van der Waals surface area (Å²) in [5.74, 6) is 0. The fourth-order valence-electron chi connectivity index (χ4n) is 3.62. The molecule has 0 radical (unpaired) electrons. The van der Waals surface area contributed by atoms with Gasteiger partial charge in [0.05, 0.1) is 17.3 Å². The zero-order valence-corrected chi connectivity index (χ0v) is 13.5. The first-order valence-corrected chi connectivity index (χ1v) is 8.86. The van der Waals surface area contributed by atoms with Crippen molar-refractivity contribution in [1.29, 1.82) is 0 Å². The van der Waals surface area contributed by atoms with Gasteiger partial charge in [0.2, 0.25) is 0 Å². The number of fused-ring (bicyclic) bond motifs is 1. The molecule has 0 spiro atoms. The second-order valence-corrected chi connectivity index (χ2v) is 7.29. The molecule has 1 heterocycles. The summed E-state index contributed by atoms with van der Waals surface area (Å²) >= 11 is 1.96. The molecule has 112 valence electrons. The number of thiazole rings is 1. The lowest BCUT2D eigenvalue weighted by Gasteiger charge is -2.40. The zero-order valence-electron chi connectivity index (χ0n) is 12.7. The maximum absolute atomic E-state index is 5.66. The van der Waals surface area contributed by atoms with Crippen molar-refractivity contribution >= 4 is 11.3 Å². The summed E-state index contributed by atoms with van der Waals surface area (Å²) in [7, 11) is 1.85. The SMILES string of the molecule is CCCNC1(c2nc3c(s2)CCC3)CCCC(OC)C1. The minimum Gasteiger partial charge on any atom is -0.381 e. The van der Waals surface area contributed by atoms with Crippen LogP contribution < -0.4 is 5.32 Å². The Morgan fingerprint density at radius 3 is 3.05 bits per heavy atom. The van der Waals surface area contributed by atoms with Crippen molar-refractivity contribution in [2.45, 2.75) is 69.9 Å². The van der Waals surface area contributed by atoms with Crippen LogP contribution in [-0.2, 0) is 23.1 Å². The van der Waals surface area contributed by atoms with E-state index in [2.05, 4.69) is 12.2 Å². The Balaban J connectivity index is 1.87. The molecule has 1 N–H and O–H groups in total. The number of hydrogen-bond acceptors (Lipinski definition) is 4. The summed E-state index contributed by atoms with van der Waals surface area (Å²) in [4.78, 5) is 6.55. The first-order valence-electron chi connectivity index (χ1n) is 8.04. The average molecular weight is 294 g/mol. The van der Waals surface area contributed by atoms with Crippen LogP contribution in [0.25, 0.3) is 0 Å². The summed E-state index contributed by atoms with van der Waals surface area (Å²) < 4.78 is 5.66. The van der Waals surface area contributed by atoms with Gasteiger partial charge in [-0.1, -0.05) is 6.92 Å². The number of ether oxygens (including phenoxy) is 1. The summed E-state index contributed by atoms with van der Waals surface area (Å²) in [6, 6.07) is 0. The molecule has 0 aliphatic heterocycles. The average Bonchev–Trinajstić information content (AvgIpc) is 3.07. The smallest absolute Gasteiger partial charge is 0.113 e. The molecule has 1 aromatic rings. The fraction of sp³-hybridized carbons (Fsp3) is 0.812. The highest BCUT2D eigenvalue weighted by atomic mass is 32.1. The van der Waals surface area contributed by atoms with E-state index in [0.717, 1.165) is 13.0 Å². The van der Waals surface area contributed by atoms with Crippen molar-refractivity contribution in [3.63, 3.8) is 0 Å². The van der Waals surface area contributed by atoms with Gasteiger partial charge in [-0.05, 0) is 57.9 Å². The number of rotatable bonds is 5. The van der Waals surface area contributed by atoms with Crippen LogP contribution in [0.2, 0.25) is 0 Å². The van der Waals surface area contributed by atoms with Gasteiger partial charge in [0.15, 0.2) is 0 Å².